The van der Waals surface area contributed by atoms with Crippen molar-refractivity contribution >= 4 is 11.9 Å². The van der Waals surface area contributed by atoms with E-state index < -0.39 is 0 Å². The summed E-state index contributed by atoms with van der Waals surface area (Å²) in [6.45, 7) is 5.30. The summed E-state index contributed by atoms with van der Waals surface area (Å²) in [6, 6.07) is 9.09. The molecule has 3 saturated heterocycles. The molecule has 6 heteroatoms. The molecule has 3 aliphatic heterocycles. The van der Waals surface area contributed by atoms with Crippen molar-refractivity contribution in [3.63, 3.8) is 0 Å². The minimum Gasteiger partial charge on any atom is -1.00 e. The Morgan fingerprint density at radius 2 is 1.83 bits per heavy atom. The van der Waals surface area contributed by atoms with Gasteiger partial charge in [0.25, 0.3) is 0 Å². The number of quaternary nitrogens is 1. The third-order valence-corrected chi connectivity index (χ3v) is 5.08. The van der Waals surface area contributed by atoms with Crippen LogP contribution in [0.15, 0.2) is 30.3 Å². The Morgan fingerprint density at radius 1 is 1.17 bits per heavy atom. The Bertz CT molecular complexity index is 570. The fraction of sp³-hybridized carbons (Fsp3) is 0.556. The van der Waals surface area contributed by atoms with Gasteiger partial charge in [-0.3, -0.25) is 0 Å². The maximum Gasteiger partial charge on any atom is 0.361 e. The van der Waals surface area contributed by atoms with Crippen molar-refractivity contribution in [1.29, 1.82) is 0 Å². The standard InChI is InChI=1S/C18H24NO4.BrH/c1-2-22-17(20)13-19-10-8-14(9-11-19)16(12-19)23-18(21)15-6-4-3-5-7-15;/h3-7,14,16H,2,8-13H2,1H3;1H/q+1;/p-1. The summed E-state index contributed by atoms with van der Waals surface area (Å²) in [4.78, 5) is 24.2. The van der Waals surface area contributed by atoms with Gasteiger partial charge in [-0.1, -0.05) is 18.2 Å². The minimum absolute atomic E-state index is 0. The molecule has 4 rings (SSSR count). The van der Waals surface area contributed by atoms with Gasteiger partial charge in [0.1, 0.15) is 6.54 Å². The van der Waals surface area contributed by atoms with Gasteiger partial charge < -0.3 is 30.9 Å². The second-order valence-electron chi connectivity index (χ2n) is 6.58. The largest absolute Gasteiger partial charge is 1.00 e. The van der Waals surface area contributed by atoms with Crippen molar-refractivity contribution in [3.05, 3.63) is 35.9 Å². The number of esters is 2. The van der Waals surface area contributed by atoms with Crippen LogP contribution in [0, 0.1) is 5.92 Å². The van der Waals surface area contributed by atoms with Gasteiger partial charge in [0.2, 0.25) is 0 Å². The molecule has 1 aromatic rings. The van der Waals surface area contributed by atoms with E-state index in [4.69, 9.17) is 9.47 Å². The minimum atomic E-state index is -0.265. The van der Waals surface area contributed by atoms with Crippen molar-refractivity contribution < 1.29 is 40.5 Å². The lowest BCUT2D eigenvalue weighted by molar-refractivity contribution is -0.939. The van der Waals surface area contributed by atoms with Crippen LogP contribution in [0.4, 0.5) is 0 Å². The number of hydrogen-bond acceptors (Lipinski definition) is 4. The summed E-state index contributed by atoms with van der Waals surface area (Å²) in [5.74, 6) is 0.00415. The van der Waals surface area contributed by atoms with E-state index in [1.54, 1.807) is 12.1 Å². The summed E-state index contributed by atoms with van der Waals surface area (Å²) < 4.78 is 11.6. The van der Waals surface area contributed by atoms with E-state index in [0.717, 1.165) is 32.5 Å². The molecule has 0 N–H and O–H groups in total. The number of carbonyl (C=O) groups excluding carboxylic acids is 2. The van der Waals surface area contributed by atoms with Crippen LogP contribution in [0.25, 0.3) is 0 Å². The molecule has 3 aliphatic rings. The van der Waals surface area contributed by atoms with Gasteiger partial charge in [0.05, 0.1) is 25.3 Å². The Hall–Kier alpha value is -1.40. The maximum atomic E-state index is 12.3. The van der Waals surface area contributed by atoms with Gasteiger partial charge in [-0.05, 0) is 19.1 Å². The quantitative estimate of drug-likeness (QED) is 0.473. The SMILES string of the molecule is CCOC(=O)C[N+]12CCC(CC1)C(OC(=O)c1ccccc1)C2.[Br-]. The predicted octanol–water partition coefficient (Wildman–Crippen LogP) is -0.980. The van der Waals surface area contributed by atoms with Crippen molar-refractivity contribution in [2.24, 2.45) is 5.92 Å². The number of nitrogens with zero attached hydrogens (tertiary/aromatic N) is 1. The van der Waals surface area contributed by atoms with E-state index >= 15 is 0 Å². The highest BCUT2D eigenvalue weighted by molar-refractivity contribution is 5.89. The molecule has 0 aliphatic carbocycles. The molecule has 3 fully saturated rings. The Kier molecular flexibility index (Phi) is 6.40. The number of benzene rings is 1. The average molecular weight is 398 g/mol. The first kappa shape index (κ1) is 18.9. The van der Waals surface area contributed by atoms with E-state index in [9.17, 15) is 9.59 Å². The third-order valence-electron chi connectivity index (χ3n) is 5.08. The first-order valence-electron chi connectivity index (χ1n) is 8.39. The number of carbonyl (C=O) groups is 2. The van der Waals surface area contributed by atoms with Crippen LogP contribution in [0.3, 0.4) is 0 Å². The number of piperidine rings is 3. The molecule has 1 atom stereocenters. The molecule has 132 valence electrons. The number of fused-ring (bicyclic) bond motifs is 3. The van der Waals surface area contributed by atoms with Crippen molar-refractivity contribution in [1.82, 2.24) is 0 Å². The molecule has 0 amide bonds. The fourth-order valence-electron chi connectivity index (χ4n) is 3.84. The van der Waals surface area contributed by atoms with Crippen LogP contribution in [-0.4, -0.2) is 55.3 Å². The molecular weight excluding hydrogens is 374 g/mol. The molecule has 2 bridgehead atoms. The Labute approximate surface area is 153 Å². The van der Waals surface area contributed by atoms with Gasteiger partial charge in [-0.15, -0.1) is 0 Å². The molecule has 1 unspecified atom stereocenters. The highest BCUT2D eigenvalue weighted by Gasteiger charge is 2.48. The van der Waals surface area contributed by atoms with Gasteiger partial charge in [0, 0.05) is 18.8 Å². The molecular formula is C18H24BrNO4. The summed E-state index contributed by atoms with van der Waals surface area (Å²) in [5, 5.41) is 0. The molecule has 5 nitrogen and oxygen atoms in total. The predicted molar refractivity (Wildman–Crippen MR) is 84.7 cm³/mol. The van der Waals surface area contributed by atoms with E-state index in [1.807, 2.05) is 25.1 Å². The number of rotatable bonds is 5. The van der Waals surface area contributed by atoms with E-state index in [-0.39, 0.29) is 35.0 Å². The highest BCUT2D eigenvalue weighted by Crippen LogP contribution is 2.35. The van der Waals surface area contributed by atoms with Gasteiger partial charge in [-0.25, -0.2) is 9.59 Å². The molecule has 24 heavy (non-hydrogen) atoms. The number of hydrogen-bond donors (Lipinski definition) is 0. The summed E-state index contributed by atoms with van der Waals surface area (Å²) >= 11 is 0. The molecule has 1 aromatic carbocycles. The second-order valence-corrected chi connectivity index (χ2v) is 6.58. The van der Waals surface area contributed by atoms with Crippen LogP contribution in [-0.2, 0) is 14.3 Å². The van der Waals surface area contributed by atoms with Crippen LogP contribution < -0.4 is 17.0 Å². The number of ether oxygens (including phenoxy) is 2. The molecule has 0 spiro atoms. The lowest BCUT2D eigenvalue weighted by Gasteiger charge is -2.51. The van der Waals surface area contributed by atoms with Gasteiger partial charge in [-0.2, -0.15) is 0 Å². The van der Waals surface area contributed by atoms with Crippen LogP contribution in [0.5, 0.6) is 0 Å². The summed E-state index contributed by atoms with van der Waals surface area (Å²) in [7, 11) is 0. The van der Waals surface area contributed by atoms with Gasteiger partial charge >= 0.3 is 11.9 Å². The van der Waals surface area contributed by atoms with E-state index in [2.05, 4.69) is 0 Å². The van der Waals surface area contributed by atoms with E-state index in [0.29, 0.717) is 29.1 Å². The lowest BCUT2D eigenvalue weighted by atomic mass is 9.83. The lowest BCUT2D eigenvalue weighted by Crippen LogP contribution is -3.00. The molecule has 0 radical (unpaired) electrons. The zero-order valence-corrected chi connectivity index (χ0v) is 15.5. The molecule has 0 saturated carbocycles. The first-order chi connectivity index (χ1) is 11.1. The molecule has 0 aromatic heterocycles. The van der Waals surface area contributed by atoms with Gasteiger partial charge in [0.15, 0.2) is 12.6 Å². The normalized spacial score (nSPS) is 27.9. The maximum absolute atomic E-state index is 12.3. The topological polar surface area (TPSA) is 52.6 Å². The Balaban J connectivity index is 0.00000208. The third kappa shape index (κ3) is 4.16. The van der Waals surface area contributed by atoms with Crippen molar-refractivity contribution in [2.45, 2.75) is 25.9 Å². The van der Waals surface area contributed by atoms with Crippen LogP contribution >= 0.6 is 0 Å². The van der Waals surface area contributed by atoms with Crippen LogP contribution in [0.1, 0.15) is 30.1 Å². The second kappa shape index (κ2) is 8.12. The first-order valence-corrected chi connectivity index (χ1v) is 8.39. The molecule has 3 heterocycles. The van der Waals surface area contributed by atoms with Crippen LogP contribution in [0.2, 0.25) is 0 Å². The van der Waals surface area contributed by atoms with E-state index in [1.165, 1.54) is 0 Å². The highest BCUT2D eigenvalue weighted by atomic mass is 79.9. The number of halogens is 1. The fourth-order valence-corrected chi connectivity index (χ4v) is 3.84. The average Bonchev–Trinajstić information content (AvgIpc) is 2.56. The van der Waals surface area contributed by atoms with Crippen molar-refractivity contribution in [3.8, 4) is 0 Å². The Morgan fingerprint density at radius 3 is 2.46 bits per heavy atom. The summed E-state index contributed by atoms with van der Waals surface area (Å²) in [6.07, 6.45) is 1.91. The summed E-state index contributed by atoms with van der Waals surface area (Å²) in [5.41, 5.74) is 0.584. The zero-order chi connectivity index (χ0) is 16.3. The van der Waals surface area contributed by atoms with Crippen molar-refractivity contribution in [2.75, 3.05) is 32.8 Å². The smallest absolute Gasteiger partial charge is 0.361 e. The monoisotopic (exact) mass is 397 g/mol. The zero-order valence-electron chi connectivity index (χ0n) is 13.9.